The van der Waals surface area contributed by atoms with Crippen molar-refractivity contribution < 1.29 is 0 Å². The summed E-state index contributed by atoms with van der Waals surface area (Å²) in [5.74, 6) is 0. The number of aromatic nitrogens is 2. The first-order valence-electron chi connectivity index (χ1n) is 5.43. The third kappa shape index (κ3) is 2.87. The van der Waals surface area contributed by atoms with E-state index in [4.69, 9.17) is 0 Å². The van der Waals surface area contributed by atoms with Gasteiger partial charge in [-0.05, 0) is 18.7 Å². The van der Waals surface area contributed by atoms with Gasteiger partial charge in [-0.25, -0.2) is 4.98 Å². The highest BCUT2D eigenvalue weighted by atomic mass is 32.1. The third-order valence-electron chi connectivity index (χ3n) is 2.36. The Kier molecular flexibility index (Phi) is 4.02. The normalized spacial score (nSPS) is 12.6. The Labute approximate surface area is 99.6 Å². The summed E-state index contributed by atoms with van der Waals surface area (Å²) >= 11 is 1.69. The molecule has 0 amide bonds. The van der Waals surface area contributed by atoms with Crippen molar-refractivity contribution in [2.45, 2.75) is 19.4 Å². The van der Waals surface area contributed by atoms with Crippen molar-refractivity contribution >= 4 is 11.3 Å². The van der Waals surface area contributed by atoms with Crippen LogP contribution in [0.1, 0.15) is 23.7 Å². The molecule has 0 bridgehead atoms. The van der Waals surface area contributed by atoms with Gasteiger partial charge in [-0.15, -0.1) is 11.3 Å². The smallest absolute Gasteiger partial charge is 0.0944 e. The van der Waals surface area contributed by atoms with Gasteiger partial charge in [0, 0.05) is 24.2 Å². The SMILES string of the molecule is CCNC(Cc1nccs1)c1ccccn1. The summed E-state index contributed by atoms with van der Waals surface area (Å²) in [6.07, 6.45) is 4.59. The standard InChI is InChI=1S/C12H15N3S/c1-2-13-11(9-12-15-7-8-16-12)10-5-3-4-6-14-10/h3-8,11,13H,2,9H2,1H3. The zero-order valence-corrected chi connectivity index (χ0v) is 10.1. The lowest BCUT2D eigenvalue weighted by Gasteiger charge is -2.15. The molecule has 0 radical (unpaired) electrons. The van der Waals surface area contributed by atoms with Gasteiger partial charge in [-0.3, -0.25) is 4.98 Å². The topological polar surface area (TPSA) is 37.8 Å². The Balaban J connectivity index is 2.11. The monoisotopic (exact) mass is 233 g/mol. The molecule has 1 atom stereocenters. The predicted molar refractivity (Wildman–Crippen MR) is 66.5 cm³/mol. The maximum Gasteiger partial charge on any atom is 0.0944 e. The highest BCUT2D eigenvalue weighted by molar-refractivity contribution is 7.09. The van der Waals surface area contributed by atoms with E-state index in [0.717, 1.165) is 23.7 Å². The Bertz CT molecular complexity index is 399. The summed E-state index contributed by atoms with van der Waals surface area (Å²) in [5.41, 5.74) is 1.08. The van der Waals surface area contributed by atoms with Crippen molar-refractivity contribution in [3.8, 4) is 0 Å². The molecule has 16 heavy (non-hydrogen) atoms. The van der Waals surface area contributed by atoms with E-state index in [9.17, 15) is 0 Å². The lowest BCUT2D eigenvalue weighted by molar-refractivity contribution is 0.535. The Morgan fingerprint density at radius 3 is 2.88 bits per heavy atom. The van der Waals surface area contributed by atoms with Crippen LogP contribution in [0.25, 0.3) is 0 Å². The lowest BCUT2D eigenvalue weighted by Crippen LogP contribution is -2.23. The molecule has 2 rings (SSSR count). The molecule has 0 aliphatic rings. The van der Waals surface area contributed by atoms with E-state index in [-0.39, 0.29) is 6.04 Å². The third-order valence-corrected chi connectivity index (χ3v) is 3.16. The number of nitrogens with one attached hydrogen (secondary N) is 1. The van der Waals surface area contributed by atoms with Crippen LogP contribution in [-0.4, -0.2) is 16.5 Å². The zero-order valence-electron chi connectivity index (χ0n) is 9.26. The van der Waals surface area contributed by atoms with E-state index in [1.54, 1.807) is 11.3 Å². The molecule has 84 valence electrons. The largest absolute Gasteiger partial charge is 0.309 e. The first-order valence-corrected chi connectivity index (χ1v) is 6.30. The van der Waals surface area contributed by atoms with Crippen LogP contribution in [0.2, 0.25) is 0 Å². The summed E-state index contributed by atoms with van der Waals surface area (Å²) in [6.45, 7) is 3.05. The summed E-state index contributed by atoms with van der Waals surface area (Å²) in [6, 6.07) is 6.28. The van der Waals surface area contributed by atoms with Crippen molar-refractivity contribution in [3.63, 3.8) is 0 Å². The van der Waals surface area contributed by atoms with Crippen molar-refractivity contribution in [2.75, 3.05) is 6.54 Å². The molecular formula is C12H15N3S. The van der Waals surface area contributed by atoms with Crippen LogP contribution in [0, 0.1) is 0 Å². The second-order valence-electron chi connectivity index (χ2n) is 3.49. The number of nitrogens with zero attached hydrogens (tertiary/aromatic N) is 2. The Morgan fingerprint density at radius 1 is 1.31 bits per heavy atom. The number of rotatable bonds is 5. The maximum absolute atomic E-state index is 4.39. The van der Waals surface area contributed by atoms with E-state index in [0.29, 0.717) is 0 Å². The van der Waals surface area contributed by atoms with Crippen LogP contribution in [0.4, 0.5) is 0 Å². The predicted octanol–water partition coefficient (Wildman–Crippen LogP) is 2.43. The highest BCUT2D eigenvalue weighted by Crippen LogP contribution is 2.17. The molecule has 0 saturated carbocycles. The first-order chi connectivity index (χ1) is 7.90. The van der Waals surface area contributed by atoms with Crippen LogP contribution in [-0.2, 0) is 6.42 Å². The van der Waals surface area contributed by atoms with Gasteiger partial charge in [-0.1, -0.05) is 13.0 Å². The molecule has 0 aliphatic carbocycles. The van der Waals surface area contributed by atoms with Crippen LogP contribution in [0.5, 0.6) is 0 Å². The summed E-state index contributed by atoms with van der Waals surface area (Å²) in [5, 5.41) is 6.60. The molecule has 2 aromatic heterocycles. The fourth-order valence-corrected chi connectivity index (χ4v) is 2.30. The van der Waals surface area contributed by atoms with Crippen LogP contribution < -0.4 is 5.32 Å². The van der Waals surface area contributed by atoms with Crippen molar-refractivity contribution in [1.29, 1.82) is 0 Å². The van der Waals surface area contributed by atoms with Gasteiger partial charge in [0.05, 0.1) is 16.7 Å². The quantitative estimate of drug-likeness (QED) is 0.862. The van der Waals surface area contributed by atoms with Gasteiger partial charge in [0.1, 0.15) is 0 Å². The summed E-state index contributed by atoms with van der Waals surface area (Å²) in [7, 11) is 0. The average Bonchev–Trinajstić information content (AvgIpc) is 2.83. The number of pyridine rings is 1. The molecule has 1 unspecified atom stereocenters. The zero-order chi connectivity index (χ0) is 11.2. The number of thiazole rings is 1. The van der Waals surface area contributed by atoms with E-state index in [1.807, 2.05) is 29.9 Å². The first kappa shape index (κ1) is 11.2. The van der Waals surface area contributed by atoms with Crippen molar-refractivity contribution in [1.82, 2.24) is 15.3 Å². The number of hydrogen-bond acceptors (Lipinski definition) is 4. The average molecular weight is 233 g/mol. The minimum absolute atomic E-state index is 0.261. The molecule has 2 heterocycles. The molecule has 2 aromatic rings. The molecule has 0 aliphatic heterocycles. The van der Waals surface area contributed by atoms with Crippen LogP contribution in [0.15, 0.2) is 36.0 Å². The van der Waals surface area contributed by atoms with Crippen molar-refractivity contribution in [3.05, 3.63) is 46.7 Å². The molecule has 0 spiro atoms. The van der Waals surface area contributed by atoms with E-state index in [1.165, 1.54) is 0 Å². The fraction of sp³-hybridized carbons (Fsp3) is 0.333. The fourth-order valence-electron chi connectivity index (χ4n) is 1.64. The second kappa shape index (κ2) is 5.72. The maximum atomic E-state index is 4.39. The number of hydrogen-bond donors (Lipinski definition) is 1. The Morgan fingerprint density at radius 2 is 2.25 bits per heavy atom. The molecule has 0 aromatic carbocycles. The highest BCUT2D eigenvalue weighted by Gasteiger charge is 2.13. The molecule has 4 heteroatoms. The second-order valence-corrected chi connectivity index (χ2v) is 4.47. The minimum atomic E-state index is 0.261. The van der Waals surface area contributed by atoms with Gasteiger partial charge >= 0.3 is 0 Å². The van der Waals surface area contributed by atoms with Gasteiger partial charge < -0.3 is 5.32 Å². The minimum Gasteiger partial charge on any atom is -0.309 e. The molecule has 0 saturated heterocycles. The van der Waals surface area contributed by atoms with Gasteiger partial charge in [0.15, 0.2) is 0 Å². The van der Waals surface area contributed by atoms with E-state index in [2.05, 4.69) is 28.3 Å². The van der Waals surface area contributed by atoms with Gasteiger partial charge in [0.25, 0.3) is 0 Å². The van der Waals surface area contributed by atoms with Crippen LogP contribution >= 0.6 is 11.3 Å². The summed E-state index contributed by atoms with van der Waals surface area (Å²) < 4.78 is 0. The molecule has 3 nitrogen and oxygen atoms in total. The van der Waals surface area contributed by atoms with Crippen molar-refractivity contribution in [2.24, 2.45) is 0 Å². The molecular weight excluding hydrogens is 218 g/mol. The van der Waals surface area contributed by atoms with Gasteiger partial charge in [-0.2, -0.15) is 0 Å². The summed E-state index contributed by atoms with van der Waals surface area (Å²) in [4.78, 5) is 8.71. The molecule has 1 N–H and O–H groups in total. The molecule has 0 fully saturated rings. The number of likely N-dealkylation sites (N-methyl/N-ethyl adjacent to an activating group) is 1. The Hall–Kier alpha value is -1.26. The van der Waals surface area contributed by atoms with Crippen LogP contribution in [0.3, 0.4) is 0 Å². The van der Waals surface area contributed by atoms with Gasteiger partial charge in [0.2, 0.25) is 0 Å². The lowest BCUT2D eigenvalue weighted by atomic mass is 10.1. The van der Waals surface area contributed by atoms with E-state index >= 15 is 0 Å². The van der Waals surface area contributed by atoms with E-state index < -0.39 is 0 Å².